The fourth-order valence-electron chi connectivity index (χ4n) is 1.44. The molecule has 0 spiro atoms. The minimum atomic E-state index is -0.409. The second-order valence-corrected chi connectivity index (χ2v) is 4.88. The number of rotatable bonds is 4. The van der Waals surface area contributed by atoms with E-state index in [1.54, 1.807) is 29.7 Å². The van der Waals surface area contributed by atoms with Gasteiger partial charge in [0.15, 0.2) is 0 Å². The molecule has 1 aromatic carbocycles. The first-order valence-electron chi connectivity index (χ1n) is 5.40. The number of hydrogen-bond acceptors (Lipinski definition) is 4. The molecule has 90 valence electrons. The summed E-state index contributed by atoms with van der Waals surface area (Å²) in [7, 11) is 1.89. The quantitative estimate of drug-likeness (QED) is 0.844. The summed E-state index contributed by atoms with van der Waals surface area (Å²) in [6.07, 6.45) is 1.15. The van der Waals surface area contributed by atoms with E-state index < -0.39 is 6.10 Å². The molecule has 0 bridgehead atoms. The number of benzene rings is 1. The largest absolute Gasteiger partial charge is 0.389 e. The predicted molar refractivity (Wildman–Crippen MR) is 67.6 cm³/mol. The Balaban J connectivity index is 1.98. The van der Waals surface area contributed by atoms with Crippen LogP contribution in [0.15, 0.2) is 35.5 Å². The molecule has 1 unspecified atom stereocenters. The zero-order valence-corrected chi connectivity index (χ0v) is 10.7. The number of hydrogen-bond donors (Lipinski definition) is 1. The highest BCUT2D eigenvalue weighted by molar-refractivity contribution is 7.98. The molecule has 1 aromatic heterocycles. The number of aliphatic hydroxyl groups excluding tert-OH is 1. The molecule has 17 heavy (non-hydrogen) atoms. The average Bonchev–Trinajstić information content (AvgIpc) is 2.73. The van der Waals surface area contributed by atoms with Crippen LogP contribution >= 0.6 is 11.8 Å². The van der Waals surface area contributed by atoms with E-state index in [4.69, 9.17) is 0 Å². The molecule has 2 aromatic rings. The molecule has 0 aliphatic heterocycles. The number of aromatic nitrogens is 3. The lowest BCUT2D eigenvalue weighted by Crippen LogP contribution is -1.97. The Hall–Kier alpha value is -1.33. The van der Waals surface area contributed by atoms with Gasteiger partial charge in [-0.2, -0.15) is 5.10 Å². The Labute approximate surface area is 105 Å². The third kappa shape index (κ3) is 3.08. The molecule has 5 heteroatoms. The van der Waals surface area contributed by atoms with E-state index in [-0.39, 0.29) is 0 Å². The molecule has 1 N–H and O–H groups in total. The van der Waals surface area contributed by atoms with Crippen LogP contribution in [0.5, 0.6) is 0 Å². The summed E-state index contributed by atoms with van der Waals surface area (Å²) in [5, 5.41) is 13.4. The van der Waals surface area contributed by atoms with E-state index in [1.807, 2.05) is 31.3 Å². The molecule has 0 aliphatic rings. The van der Waals surface area contributed by atoms with Gasteiger partial charge in [0.2, 0.25) is 0 Å². The van der Waals surface area contributed by atoms with Crippen LogP contribution in [-0.4, -0.2) is 19.9 Å². The molecule has 0 aliphatic carbocycles. The second-order valence-electron chi connectivity index (χ2n) is 3.83. The molecule has 1 atom stereocenters. The monoisotopic (exact) mass is 249 g/mol. The first-order chi connectivity index (χ1) is 8.16. The van der Waals surface area contributed by atoms with Crippen LogP contribution in [0.4, 0.5) is 0 Å². The van der Waals surface area contributed by atoms with Gasteiger partial charge in [0.25, 0.3) is 0 Å². The van der Waals surface area contributed by atoms with Gasteiger partial charge in [-0.1, -0.05) is 12.1 Å². The lowest BCUT2D eigenvalue weighted by molar-refractivity contribution is 0.199. The van der Waals surface area contributed by atoms with Crippen molar-refractivity contribution in [2.75, 3.05) is 0 Å². The van der Waals surface area contributed by atoms with Crippen LogP contribution < -0.4 is 0 Å². The molecular formula is C12H15N3OS. The van der Waals surface area contributed by atoms with Crippen molar-refractivity contribution in [1.29, 1.82) is 0 Å². The van der Waals surface area contributed by atoms with Gasteiger partial charge < -0.3 is 5.11 Å². The van der Waals surface area contributed by atoms with Crippen molar-refractivity contribution in [3.05, 3.63) is 42.0 Å². The third-order valence-corrected chi connectivity index (χ3v) is 3.54. The van der Waals surface area contributed by atoms with E-state index in [9.17, 15) is 5.11 Å². The topological polar surface area (TPSA) is 50.9 Å². The fraction of sp³-hybridized carbons (Fsp3) is 0.333. The second kappa shape index (κ2) is 5.33. The normalized spacial score (nSPS) is 12.6. The van der Waals surface area contributed by atoms with Crippen LogP contribution in [0, 0.1) is 0 Å². The average molecular weight is 249 g/mol. The van der Waals surface area contributed by atoms with Gasteiger partial charge in [0.05, 0.1) is 11.9 Å². The predicted octanol–water partition coefficient (Wildman–Crippen LogP) is 2.16. The van der Waals surface area contributed by atoms with E-state index in [1.165, 1.54) is 0 Å². The highest BCUT2D eigenvalue weighted by Crippen LogP contribution is 2.23. The number of thioether (sulfide) groups is 1. The fourth-order valence-corrected chi connectivity index (χ4v) is 2.33. The maximum atomic E-state index is 9.40. The van der Waals surface area contributed by atoms with Crippen molar-refractivity contribution in [2.45, 2.75) is 23.7 Å². The summed E-state index contributed by atoms with van der Waals surface area (Å²) in [6.45, 7) is 1.77. The van der Waals surface area contributed by atoms with Gasteiger partial charge >= 0.3 is 0 Å². The van der Waals surface area contributed by atoms with Crippen molar-refractivity contribution in [1.82, 2.24) is 14.8 Å². The standard InChI is InChI=1S/C12H15N3OS/c1-9(16)10-3-5-11(6-4-10)17-7-12-13-8-14-15(12)2/h3-6,8-9,16H,7H2,1-2H3. The molecular weight excluding hydrogens is 234 g/mol. The van der Waals surface area contributed by atoms with Crippen molar-refractivity contribution in [3.63, 3.8) is 0 Å². The summed E-state index contributed by atoms with van der Waals surface area (Å²) in [6, 6.07) is 7.93. The zero-order chi connectivity index (χ0) is 12.3. The van der Waals surface area contributed by atoms with Crippen molar-refractivity contribution < 1.29 is 5.11 Å². The van der Waals surface area contributed by atoms with Gasteiger partial charge in [0, 0.05) is 11.9 Å². The summed E-state index contributed by atoms with van der Waals surface area (Å²) >= 11 is 1.71. The van der Waals surface area contributed by atoms with Crippen LogP contribution in [0.3, 0.4) is 0 Å². The van der Waals surface area contributed by atoms with E-state index >= 15 is 0 Å². The number of aliphatic hydroxyl groups is 1. The smallest absolute Gasteiger partial charge is 0.138 e. The van der Waals surface area contributed by atoms with E-state index in [0.717, 1.165) is 22.0 Å². The summed E-state index contributed by atoms with van der Waals surface area (Å²) in [5.74, 6) is 1.75. The van der Waals surface area contributed by atoms with Gasteiger partial charge in [0.1, 0.15) is 12.2 Å². The maximum absolute atomic E-state index is 9.40. The van der Waals surface area contributed by atoms with Crippen LogP contribution in [0.1, 0.15) is 24.4 Å². The van der Waals surface area contributed by atoms with Gasteiger partial charge in [-0.15, -0.1) is 11.8 Å². The molecule has 0 fully saturated rings. The Bertz CT molecular complexity index is 479. The molecule has 0 saturated heterocycles. The van der Waals surface area contributed by atoms with Gasteiger partial charge in [-0.3, -0.25) is 4.68 Å². The van der Waals surface area contributed by atoms with E-state index in [0.29, 0.717) is 0 Å². The Kier molecular flexibility index (Phi) is 3.81. The van der Waals surface area contributed by atoms with Crippen molar-refractivity contribution in [3.8, 4) is 0 Å². The van der Waals surface area contributed by atoms with Crippen molar-refractivity contribution >= 4 is 11.8 Å². The van der Waals surface area contributed by atoms with Gasteiger partial charge in [-0.05, 0) is 24.6 Å². The van der Waals surface area contributed by atoms with E-state index in [2.05, 4.69) is 10.1 Å². The summed E-state index contributed by atoms with van der Waals surface area (Å²) in [4.78, 5) is 5.33. The SMILES string of the molecule is CC(O)c1ccc(SCc2ncnn2C)cc1. The Morgan fingerprint density at radius 3 is 2.59 bits per heavy atom. The lowest BCUT2D eigenvalue weighted by atomic mass is 10.1. The minimum absolute atomic E-state index is 0.409. The molecule has 1 heterocycles. The maximum Gasteiger partial charge on any atom is 0.138 e. The first kappa shape index (κ1) is 12.1. The Morgan fingerprint density at radius 2 is 2.06 bits per heavy atom. The van der Waals surface area contributed by atoms with Crippen molar-refractivity contribution in [2.24, 2.45) is 7.05 Å². The number of nitrogens with zero attached hydrogens (tertiary/aromatic N) is 3. The van der Waals surface area contributed by atoms with Crippen LogP contribution in [0.2, 0.25) is 0 Å². The summed E-state index contributed by atoms with van der Waals surface area (Å²) in [5.41, 5.74) is 0.938. The highest BCUT2D eigenvalue weighted by Gasteiger charge is 2.03. The zero-order valence-electron chi connectivity index (χ0n) is 9.87. The Morgan fingerprint density at radius 1 is 1.35 bits per heavy atom. The highest BCUT2D eigenvalue weighted by atomic mass is 32.2. The molecule has 0 saturated carbocycles. The molecule has 4 nitrogen and oxygen atoms in total. The minimum Gasteiger partial charge on any atom is -0.389 e. The molecule has 2 rings (SSSR count). The molecule has 0 radical (unpaired) electrons. The number of aryl methyl sites for hydroxylation is 1. The van der Waals surface area contributed by atoms with Gasteiger partial charge in [-0.25, -0.2) is 4.98 Å². The molecule has 0 amide bonds. The summed E-state index contributed by atoms with van der Waals surface area (Å²) < 4.78 is 1.77. The third-order valence-electron chi connectivity index (χ3n) is 2.54. The van der Waals surface area contributed by atoms with Crippen LogP contribution in [-0.2, 0) is 12.8 Å². The first-order valence-corrected chi connectivity index (χ1v) is 6.39. The lowest BCUT2D eigenvalue weighted by Gasteiger charge is -2.06. The van der Waals surface area contributed by atoms with Crippen LogP contribution in [0.25, 0.3) is 0 Å².